The topological polar surface area (TPSA) is 313 Å². The molecule has 0 aliphatic carbocycles. The number of likely N-dealkylation sites (tertiary alicyclic amines) is 1. The Kier molecular flexibility index (Phi) is 18.4. The first-order valence-corrected chi connectivity index (χ1v) is 18.3. The maximum atomic E-state index is 13.9. The lowest BCUT2D eigenvalue weighted by molar-refractivity contribution is -0.142. The highest BCUT2D eigenvalue weighted by Crippen LogP contribution is 2.21. The van der Waals surface area contributed by atoms with E-state index in [0.717, 1.165) is 5.56 Å². The Morgan fingerprint density at radius 2 is 1.35 bits per heavy atom. The molecule has 1 aromatic rings. The molecule has 18 nitrogen and oxygen atoms in total. The van der Waals surface area contributed by atoms with E-state index < -0.39 is 84.0 Å². The maximum absolute atomic E-state index is 13.9. The zero-order valence-corrected chi connectivity index (χ0v) is 31.7. The van der Waals surface area contributed by atoms with Gasteiger partial charge in [-0.1, -0.05) is 58.0 Å². The van der Waals surface area contributed by atoms with Gasteiger partial charge in [0.15, 0.2) is 5.96 Å². The summed E-state index contributed by atoms with van der Waals surface area (Å²) >= 11 is 0. The van der Waals surface area contributed by atoms with E-state index in [9.17, 15) is 33.6 Å². The summed E-state index contributed by atoms with van der Waals surface area (Å²) in [6, 6.07) is 2.43. The summed E-state index contributed by atoms with van der Waals surface area (Å²) in [6.45, 7) is 7.85. The van der Waals surface area contributed by atoms with Crippen molar-refractivity contribution in [1.82, 2.24) is 26.2 Å². The molecule has 18 heteroatoms. The molecule has 0 aromatic heterocycles. The van der Waals surface area contributed by atoms with Crippen molar-refractivity contribution in [3.05, 3.63) is 35.9 Å². The normalized spacial score (nSPS) is 16.7. The Morgan fingerprint density at radius 3 is 1.93 bits per heavy atom. The van der Waals surface area contributed by atoms with Crippen molar-refractivity contribution in [1.29, 1.82) is 0 Å². The Hall–Kier alpha value is -5.26. The molecule has 300 valence electrons. The van der Waals surface area contributed by atoms with Gasteiger partial charge in [-0.2, -0.15) is 0 Å². The van der Waals surface area contributed by atoms with Gasteiger partial charge in [0.2, 0.25) is 41.4 Å². The van der Waals surface area contributed by atoms with E-state index in [4.69, 9.17) is 28.7 Å². The molecule has 1 fully saturated rings. The molecule has 0 spiro atoms. The Labute approximate surface area is 316 Å². The minimum absolute atomic E-state index is 0.0261. The average Bonchev–Trinajstić information content (AvgIpc) is 3.58. The third-order valence-corrected chi connectivity index (χ3v) is 8.78. The second-order valence-corrected chi connectivity index (χ2v) is 14.5. The van der Waals surface area contributed by atoms with Crippen LogP contribution in [0.3, 0.4) is 0 Å². The Morgan fingerprint density at radius 1 is 0.778 bits per heavy atom. The zero-order valence-electron chi connectivity index (χ0n) is 31.7. The highest BCUT2D eigenvalue weighted by atomic mass is 16.2. The molecule has 6 atom stereocenters. The lowest BCUT2D eigenvalue weighted by Gasteiger charge is -2.31. The minimum Gasteiger partial charge on any atom is -0.370 e. The molecule has 1 aliphatic rings. The molecule has 0 unspecified atom stereocenters. The van der Waals surface area contributed by atoms with Crippen molar-refractivity contribution < 1.29 is 33.6 Å². The van der Waals surface area contributed by atoms with E-state index in [1.54, 1.807) is 24.3 Å². The average molecular weight is 758 g/mol. The number of guanidine groups is 1. The first kappa shape index (κ1) is 44.9. The van der Waals surface area contributed by atoms with Crippen molar-refractivity contribution in [3.8, 4) is 0 Å². The van der Waals surface area contributed by atoms with Crippen LogP contribution in [0.15, 0.2) is 35.3 Å². The fourth-order valence-electron chi connectivity index (χ4n) is 6.14. The standard InChI is InChI=1S/C36H59N11O7/c1-20(2)16-26(45-34(53)28-13-9-15-47(28)35(54)27(17-21(3)4)46-31(50)23(37)19-29(38)48)33(52)43-24(12-8-14-42-36(40)41)32(51)44-25(30(39)49)18-22-10-6-5-7-11-22/h5-7,10-11,20-21,23-28H,8-9,12-19,37H2,1-4H3,(H2,38,48)(H2,39,49)(H,43,52)(H,44,51)(H,45,53)(H,46,50)(H4,40,41,42)/t23-,24-,25-,26-,27-,28-/m0/s1. The molecule has 2 rings (SSSR count). The number of amides is 7. The van der Waals surface area contributed by atoms with Crippen LogP contribution in [0.2, 0.25) is 0 Å². The van der Waals surface area contributed by atoms with Gasteiger partial charge in [0.05, 0.1) is 12.5 Å². The second kappa shape index (κ2) is 22.1. The van der Waals surface area contributed by atoms with Crippen molar-refractivity contribution >= 4 is 47.3 Å². The Bertz CT molecular complexity index is 1480. The molecular weight excluding hydrogens is 698 g/mol. The first-order chi connectivity index (χ1) is 25.4. The van der Waals surface area contributed by atoms with Crippen LogP contribution in [0.4, 0.5) is 0 Å². The van der Waals surface area contributed by atoms with Crippen LogP contribution in [0, 0.1) is 11.8 Å². The number of benzene rings is 1. The van der Waals surface area contributed by atoms with Crippen LogP contribution in [0.25, 0.3) is 0 Å². The SMILES string of the molecule is CC(C)C[C@H](NC(=O)[C@@H]1CCCN1C(=O)[C@H](CC(C)C)NC(=O)[C@@H](N)CC(N)=O)C(=O)N[C@@H](CCCN=C(N)N)C(=O)N[C@@H](Cc1ccccc1)C(N)=O. The summed E-state index contributed by atoms with van der Waals surface area (Å²) in [7, 11) is 0. The van der Waals surface area contributed by atoms with Gasteiger partial charge < -0.3 is 54.8 Å². The quantitative estimate of drug-likeness (QED) is 0.0356. The summed E-state index contributed by atoms with van der Waals surface area (Å²) in [5, 5.41) is 10.8. The third-order valence-electron chi connectivity index (χ3n) is 8.78. The molecule has 54 heavy (non-hydrogen) atoms. The molecule has 0 radical (unpaired) electrons. The van der Waals surface area contributed by atoms with Gasteiger partial charge >= 0.3 is 0 Å². The number of nitrogens with two attached hydrogens (primary N) is 5. The predicted octanol–water partition coefficient (Wildman–Crippen LogP) is -2.01. The van der Waals surface area contributed by atoms with Crippen LogP contribution in [0.5, 0.6) is 0 Å². The number of primary amides is 2. The minimum atomic E-state index is -1.25. The number of hydrogen-bond acceptors (Lipinski definition) is 9. The summed E-state index contributed by atoms with van der Waals surface area (Å²) in [4.78, 5) is 96.8. The number of carbonyl (C=O) groups is 7. The summed E-state index contributed by atoms with van der Waals surface area (Å²) in [5.74, 6) is -4.88. The van der Waals surface area contributed by atoms with Gasteiger partial charge in [-0.3, -0.25) is 38.6 Å². The molecule has 1 aliphatic heterocycles. The maximum Gasteiger partial charge on any atom is 0.245 e. The highest BCUT2D eigenvalue weighted by molar-refractivity contribution is 5.97. The van der Waals surface area contributed by atoms with Crippen molar-refractivity contribution in [2.45, 2.75) is 115 Å². The fraction of sp³-hybridized carbons (Fsp3) is 0.611. The highest BCUT2D eigenvalue weighted by Gasteiger charge is 2.40. The number of nitrogens with zero attached hydrogens (tertiary/aromatic N) is 2. The molecule has 0 saturated carbocycles. The fourth-order valence-corrected chi connectivity index (χ4v) is 6.14. The first-order valence-electron chi connectivity index (χ1n) is 18.3. The number of carbonyl (C=O) groups excluding carboxylic acids is 7. The number of aliphatic imine (C=N–C) groups is 1. The Balaban J connectivity index is 2.27. The van der Waals surface area contributed by atoms with Gasteiger partial charge in [0.1, 0.15) is 30.2 Å². The van der Waals surface area contributed by atoms with Crippen LogP contribution >= 0.6 is 0 Å². The molecule has 0 bridgehead atoms. The lowest BCUT2D eigenvalue weighted by Crippen LogP contribution is -2.59. The van der Waals surface area contributed by atoms with Gasteiger partial charge in [-0.25, -0.2) is 0 Å². The monoisotopic (exact) mass is 757 g/mol. The molecule has 1 aromatic carbocycles. The predicted molar refractivity (Wildman–Crippen MR) is 202 cm³/mol. The van der Waals surface area contributed by atoms with Crippen LogP contribution in [-0.4, -0.2) is 102 Å². The molecular formula is C36H59N11O7. The van der Waals surface area contributed by atoms with Crippen LogP contribution < -0.4 is 49.9 Å². The van der Waals surface area contributed by atoms with E-state index in [1.165, 1.54) is 4.90 Å². The second-order valence-electron chi connectivity index (χ2n) is 14.5. The van der Waals surface area contributed by atoms with E-state index in [1.807, 2.05) is 33.8 Å². The molecule has 1 heterocycles. The number of rotatable bonds is 22. The molecule has 7 amide bonds. The van der Waals surface area contributed by atoms with Crippen LogP contribution in [-0.2, 0) is 40.0 Å². The summed E-state index contributed by atoms with van der Waals surface area (Å²) in [6.07, 6.45) is 1.34. The largest absolute Gasteiger partial charge is 0.370 e. The van der Waals surface area contributed by atoms with Crippen LogP contribution in [0.1, 0.15) is 78.2 Å². The van der Waals surface area contributed by atoms with Gasteiger partial charge in [-0.05, 0) is 55.9 Å². The molecule has 1 saturated heterocycles. The van der Waals surface area contributed by atoms with E-state index in [-0.39, 0.29) is 63.0 Å². The molecule has 14 N–H and O–H groups in total. The van der Waals surface area contributed by atoms with E-state index in [2.05, 4.69) is 26.3 Å². The number of hydrogen-bond donors (Lipinski definition) is 9. The summed E-state index contributed by atoms with van der Waals surface area (Å²) in [5.41, 5.74) is 28.3. The van der Waals surface area contributed by atoms with Gasteiger partial charge in [0, 0.05) is 19.5 Å². The van der Waals surface area contributed by atoms with Crippen molar-refractivity contribution in [2.24, 2.45) is 45.5 Å². The zero-order chi connectivity index (χ0) is 40.5. The summed E-state index contributed by atoms with van der Waals surface area (Å²) < 4.78 is 0. The smallest absolute Gasteiger partial charge is 0.245 e. The van der Waals surface area contributed by atoms with E-state index >= 15 is 0 Å². The lowest BCUT2D eigenvalue weighted by atomic mass is 10.00. The third kappa shape index (κ3) is 15.4. The van der Waals surface area contributed by atoms with Crippen molar-refractivity contribution in [2.75, 3.05) is 13.1 Å². The van der Waals surface area contributed by atoms with Crippen molar-refractivity contribution in [3.63, 3.8) is 0 Å². The van der Waals surface area contributed by atoms with Gasteiger partial charge in [-0.15, -0.1) is 0 Å². The van der Waals surface area contributed by atoms with E-state index in [0.29, 0.717) is 12.8 Å². The number of nitrogens with one attached hydrogen (secondary N) is 4. The van der Waals surface area contributed by atoms with Gasteiger partial charge in [0.25, 0.3) is 0 Å².